The molecule has 0 saturated carbocycles. The van der Waals surface area contributed by atoms with Gasteiger partial charge in [-0.25, -0.2) is 0 Å². The Balaban J connectivity index is 2.10. The zero-order valence-corrected chi connectivity index (χ0v) is 13.5. The van der Waals surface area contributed by atoms with Gasteiger partial charge in [-0.05, 0) is 34.2 Å². The summed E-state index contributed by atoms with van der Waals surface area (Å²) in [6, 6.07) is 6.55. The molecule has 0 radical (unpaired) electrons. The van der Waals surface area contributed by atoms with Gasteiger partial charge in [0, 0.05) is 18.0 Å². The van der Waals surface area contributed by atoms with Crippen LogP contribution in [0.2, 0.25) is 5.02 Å². The molecule has 1 amide bonds. The number of halogens is 1. The molecule has 0 unspecified atom stereocenters. The number of hydrogen-bond donors (Lipinski definition) is 1. The maximum atomic E-state index is 11.9. The van der Waals surface area contributed by atoms with Crippen molar-refractivity contribution in [3.8, 4) is 5.75 Å². The van der Waals surface area contributed by atoms with Crippen LogP contribution in [0.4, 0.5) is 17.2 Å². The topological polar surface area (TPSA) is 138 Å². The highest BCUT2D eigenvalue weighted by Gasteiger charge is 2.20. The fourth-order valence-electron chi connectivity index (χ4n) is 1.86. The monoisotopic (exact) mass is 366 g/mol. The van der Waals surface area contributed by atoms with Crippen LogP contribution in [0.3, 0.4) is 0 Å². The number of benzene rings is 1. The Bertz CT molecular complexity index is 857. The van der Waals surface area contributed by atoms with Gasteiger partial charge in [-0.2, -0.15) is 0 Å². The number of nitro groups is 2. The Hall–Kier alpha value is -3.27. The third-order valence-electron chi connectivity index (χ3n) is 2.94. The first-order chi connectivity index (χ1) is 11.8. The molecule has 1 aromatic carbocycles. The van der Waals surface area contributed by atoms with Crippen LogP contribution >= 0.6 is 11.6 Å². The summed E-state index contributed by atoms with van der Waals surface area (Å²) in [6.07, 6.45) is 0. The number of carbonyl (C=O) groups excluding carboxylic acids is 1. The number of carbonyl (C=O) groups is 1. The third kappa shape index (κ3) is 4.61. The molecule has 2 rings (SSSR count). The summed E-state index contributed by atoms with van der Waals surface area (Å²) in [6.45, 7) is 0.981. The molecule has 0 saturated heterocycles. The largest absolute Gasteiger partial charge is 0.476 e. The number of nitrogens with zero attached hydrogens (tertiary/aromatic N) is 3. The van der Waals surface area contributed by atoms with Gasteiger partial charge in [0.15, 0.2) is 6.61 Å². The van der Waals surface area contributed by atoms with Crippen molar-refractivity contribution in [2.45, 2.75) is 6.92 Å². The highest BCUT2D eigenvalue weighted by atomic mass is 35.5. The zero-order chi connectivity index (χ0) is 18.6. The third-order valence-corrected chi connectivity index (χ3v) is 3.18. The van der Waals surface area contributed by atoms with Crippen molar-refractivity contribution in [1.29, 1.82) is 0 Å². The molecular weight excluding hydrogens is 356 g/mol. The van der Waals surface area contributed by atoms with Gasteiger partial charge < -0.3 is 20.2 Å². The van der Waals surface area contributed by atoms with Crippen molar-refractivity contribution in [3.63, 3.8) is 0 Å². The number of amides is 1. The standard InChI is InChI=1S/C14H11ClN4O6/c1-8-2-5-12(14(16-8)19(23)24)25-7-13(20)17-10-4-3-9(15)6-11(10)18(21)22/h2-6H,7H2,1H3,(H,17,20). The SMILES string of the molecule is Cc1ccc(OCC(=O)Nc2ccc(Cl)cc2[N+](=O)[O-])c([N+](=O)[O-])n1. The molecule has 2 aromatic rings. The molecule has 0 spiro atoms. The second-order valence-corrected chi connectivity index (χ2v) is 5.22. The molecule has 130 valence electrons. The van der Waals surface area contributed by atoms with Crippen LogP contribution in [0.1, 0.15) is 5.69 Å². The second kappa shape index (κ2) is 7.53. The summed E-state index contributed by atoms with van der Waals surface area (Å²) in [5, 5.41) is 24.3. The number of rotatable bonds is 6. The lowest BCUT2D eigenvalue weighted by atomic mass is 10.2. The van der Waals surface area contributed by atoms with Crippen LogP contribution in [0.5, 0.6) is 5.75 Å². The van der Waals surface area contributed by atoms with Crippen molar-refractivity contribution in [3.05, 3.63) is 61.3 Å². The molecule has 0 bridgehead atoms. The molecule has 1 heterocycles. The van der Waals surface area contributed by atoms with E-state index in [1.165, 1.54) is 24.3 Å². The molecule has 0 aliphatic rings. The molecule has 1 N–H and O–H groups in total. The van der Waals surface area contributed by atoms with E-state index in [0.717, 1.165) is 6.07 Å². The van der Waals surface area contributed by atoms with Crippen LogP contribution in [0, 0.1) is 27.2 Å². The lowest BCUT2D eigenvalue weighted by Crippen LogP contribution is -2.21. The van der Waals surface area contributed by atoms with Crippen molar-refractivity contribution in [1.82, 2.24) is 4.98 Å². The van der Waals surface area contributed by atoms with Gasteiger partial charge in [-0.1, -0.05) is 11.6 Å². The minimum Gasteiger partial charge on any atom is -0.476 e. The molecular formula is C14H11ClN4O6. The van der Waals surface area contributed by atoms with Gasteiger partial charge in [-0.3, -0.25) is 14.9 Å². The average molecular weight is 367 g/mol. The van der Waals surface area contributed by atoms with E-state index in [0.29, 0.717) is 5.69 Å². The highest BCUT2D eigenvalue weighted by molar-refractivity contribution is 6.31. The number of aromatic nitrogens is 1. The minimum atomic E-state index is -0.736. The Morgan fingerprint density at radius 1 is 1.24 bits per heavy atom. The summed E-state index contributed by atoms with van der Waals surface area (Å²) in [5.74, 6) is -1.44. The number of aryl methyl sites for hydroxylation is 1. The zero-order valence-electron chi connectivity index (χ0n) is 12.8. The fraction of sp³-hybridized carbons (Fsp3) is 0.143. The molecule has 25 heavy (non-hydrogen) atoms. The molecule has 11 heteroatoms. The van der Waals surface area contributed by atoms with Gasteiger partial charge in [0.25, 0.3) is 11.6 Å². The molecule has 0 fully saturated rings. The van der Waals surface area contributed by atoms with Gasteiger partial charge >= 0.3 is 5.82 Å². The lowest BCUT2D eigenvalue weighted by Gasteiger charge is -2.08. The van der Waals surface area contributed by atoms with Gasteiger partial charge in [-0.15, -0.1) is 0 Å². The van der Waals surface area contributed by atoms with Crippen LogP contribution in [-0.2, 0) is 4.79 Å². The van der Waals surface area contributed by atoms with E-state index in [-0.39, 0.29) is 22.1 Å². The first kappa shape index (κ1) is 18.1. The van der Waals surface area contributed by atoms with Crippen LogP contribution in [0.25, 0.3) is 0 Å². The van der Waals surface area contributed by atoms with Gasteiger partial charge in [0.05, 0.1) is 4.92 Å². The normalized spacial score (nSPS) is 10.2. The molecule has 0 aliphatic heterocycles. The van der Waals surface area contributed by atoms with Crippen molar-refractivity contribution in [2.75, 3.05) is 11.9 Å². The number of nitro benzene ring substituents is 1. The molecule has 0 aliphatic carbocycles. The van der Waals surface area contributed by atoms with E-state index in [1.807, 2.05) is 0 Å². The van der Waals surface area contributed by atoms with Crippen LogP contribution < -0.4 is 10.1 Å². The number of anilines is 1. The predicted molar refractivity (Wildman–Crippen MR) is 87.9 cm³/mol. The Kier molecular flexibility index (Phi) is 5.45. The summed E-state index contributed by atoms with van der Waals surface area (Å²) in [7, 11) is 0. The summed E-state index contributed by atoms with van der Waals surface area (Å²) in [5.41, 5.74) is -0.0383. The molecule has 1 aromatic heterocycles. The Morgan fingerprint density at radius 3 is 2.60 bits per heavy atom. The van der Waals surface area contributed by atoms with Crippen molar-refractivity contribution < 1.29 is 19.4 Å². The number of pyridine rings is 1. The lowest BCUT2D eigenvalue weighted by molar-refractivity contribution is -0.390. The minimum absolute atomic E-state index is 0.0699. The summed E-state index contributed by atoms with van der Waals surface area (Å²) in [4.78, 5) is 36.1. The van der Waals surface area contributed by atoms with Crippen LogP contribution in [0.15, 0.2) is 30.3 Å². The second-order valence-electron chi connectivity index (χ2n) is 4.79. The first-order valence-electron chi connectivity index (χ1n) is 6.76. The predicted octanol–water partition coefficient (Wildman–Crippen LogP) is 2.88. The average Bonchev–Trinajstić information content (AvgIpc) is 2.55. The van der Waals surface area contributed by atoms with Gasteiger partial charge in [0.1, 0.15) is 11.4 Å². The first-order valence-corrected chi connectivity index (χ1v) is 7.14. The molecule has 0 atom stereocenters. The quantitative estimate of drug-likeness (QED) is 0.612. The van der Waals surface area contributed by atoms with Crippen molar-refractivity contribution in [2.24, 2.45) is 0 Å². The van der Waals surface area contributed by atoms with E-state index in [4.69, 9.17) is 16.3 Å². The molecule has 10 nitrogen and oxygen atoms in total. The van der Waals surface area contributed by atoms with E-state index < -0.39 is 28.2 Å². The van der Waals surface area contributed by atoms with E-state index in [1.54, 1.807) is 6.92 Å². The number of nitrogens with one attached hydrogen (secondary N) is 1. The number of hydrogen-bond acceptors (Lipinski definition) is 7. The Labute approximate surface area is 145 Å². The van der Waals surface area contributed by atoms with E-state index in [2.05, 4.69) is 10.3 Å². The van der Waals surface area contributed by atoms with Crippen molar-refractivity contribution >= 4 is 34.7 Å². The van der Waals surface area contributed by atoms with E-state index >= 15 is 0 Å². The smallest absolute Gasteiger partial charge is 0.406 e. The Morgan fingerprint density at radius 2 is 1.96 bits per heavy atom. The summed E-state index contributed by atoms with van der Waals surface area (Å²) < 4.78 is 5.10. The maximum Gasteiger partial charge on any atom is 0.406 e. The number of ether oxygens (including phenoxy) is 1. The van der Waals surface area contributed by atoms with E-state index in [9.17, 15) is 25.0 Å². The van der Waals surface area contributed by atoms with Crippen LogP contribution in [-0.4, -0.2) is 27.3 Å². The van der Waals surface area contributed by atoms with Gasteiger partial charge in [0.2, 0.25) is 5.75 Å². The summed E-state index contributed by atoms with van der Waals surface area (Å²) >= 11 is 5.69. The highest BCUT2D eigenvalue weighted by Crippen LogP contribution is 2.28. The fourth-order valence-corrected chi connectivity index (χ4v) is 2.03. The maximum absolute atomic E-state index is 11.9.